The molecule has 1 aliphatic rings. The molecular weight excluding hydrogens is 280 g/mol. The van der Waals surface area contributed by atoms with Crippen LogP contribution in [0.25, 0.3) is 0 Å². The first-order chi connectivity index (χ1) is 10.7. The van der Waals surface area contributed by atoms with Crippen LogP contribution in [0.4, 0.5) is 10.5 Å². The maximum absolute atomic E-state index is 12.0. The van der Waals surface area contributed by atoms with Gasteiger partial charge >= 0.3 is 6.03 Å². The SMILES string of the molecule is CC(CCCO)NC(=O)Nc1ccccc1OC1CCCC1. The second kappa shape index (κ2) is 8.63. The van der Waals surface area contributed by atoms with E-state index in [1.165, 1.54) is 12.8 Å². The van der Waals surface area contributed by atoms with E-state index in [4.69, 9.17) is 9.84 Å². The third-order valence-electron chi connectivity index (χ3n) is 3.90. The standard InChI is InChI=1S/C17H26N2O3/c1-13(7-6-12-20)18-17(21)19-15-10-4-5-11-16(15)22-14-8-2-3-9-14/h4-5,10-11,13-14,20H,2-3,6-9,12H2,1H3,(H2,18,19,21). The molecular formula is C17H26N2O3. The number of aliphatic hydroxyl groups is 1. The lowest BCUT2D eigenvalue weighted by atomic mass is 10.2. The highest BCUT2D eigenvalue weighted by Crippen LogP contribution is 2.29. The molecule has 122 valence electrons. The molecule has 0 saturated heterocycles. The number of hydrogen-bond acceptors (Lipinski definition) is 3. The van der Waals surface area contributed by atoms with Crippen LogP contribution in [-0.2, 0) is 0 Å². The molecule has 3 N–H and O–H groups in total. The Labute approximate surface area is 132 Å². The van der Waals surface area contributed by atoms with Crippen molar-refractivity contribution >= 4 is 11.7 Å². The van der Waals surface area contributed by atoms with Gasteiger partial charge in [0.2, 0.25) is 0 Å². The van der Waals surface area contributed by atoms with Crippen LogP contribution >= 0.6 is 0 Å². The summed E-state index contributed by atoms with van der Waals surface area (Å²) in [7, 11) is 0. The summed E-state index contributed by atoms with van der Waals surface area (Å²) in [6, 6.07) is 7.32. The zero-order chi connectivity index (χ0) is 15.8. The zero-order valence-electron chi connectivity index (χ0n) is 13.2. The second-order valence-electron chi connectivity index (χ2n) is 5.89. The predicted octanol–water partition coefficient (Wildman–Crippen LogP) is 3.29. The molecule has 0 aromatic heterocycles. The minimum Gasteiger partial charge on any atom is -0.488 e. The number of para-hydroxylation sites is 2. The first-order valence-corrected chi connectivity index (χ1v) is 8.13. The van der Waals surface area contributed by atoms with Gasteiger partial charge in [-0.25, -0.2) is 4.79 Å². The number of amides is 2. The Kier molecular flexibility index (Phi) is 6.52. The Bertz CT molecular complexity index is 473. The number of carbonyl (C=O) groups is 1. The van der Waals surface area contributed by atoms with Gasteiger partial charge in [-0.05, 0) is 57.6 Å². The van der Waals surface area contributed by atoms with Crippen LogP contribution in [0.2, 0.25) is 0 Å². The zero-order valence-corrected chi connectivity index (χ0v) is 13.2. The molecule has 0 aliphatic heterocycles. The van der Waals surface area contributed by atoms with Crippen LogP contribution in [0.15, 0.2) is 24.3 Å². The fraction of sp³-hybridized carbons (Fsp3) is 0.588. The van der Waals surface area contributed by atoms with Gasteiger partial charge < -0.3 is 20.5 Å². The fourth-order valence-corrected chi connectivity index (χ4v) is 2.71. The molecule has 1 atom stereocenters. The maximum atomic E-state index is 12.0. The Morgan fingerprint density at radius 2 is 2.09 bits per heavy atom. The van der Waals surface area contributed by atoms with Crippen LogP contribution < -0.4 is 15.4 Å². The lowest BCUT2D eigenvalue weighted by Crippen LogP contribution is -2.36. The van der Waals surface area contributed by atoms with Gasteiger partial charge in [0.25, 0.3) is 0 Å². The number of anilines is 1. The van der Waals surface area contributed by atoms with Crippen molar-refractivity contribution in [1.82, 2.24) is 5.32 Å². The number of urea groups is 1. The molecule has 1 saturated carbocycles. The molecule has 0 radical (unpaired) electrons. The topological polar surface area (TPSA) is 70.6 Å². The van der Waals surface area contributed by atoms with Gasteiger partial charge in [-0.15, -0.1) is 0 Å². The largest absolute Gasteiger partial charge is 0.488 e. The van der Waals surface area contributed by atoms with E-state index < -0.39 is 0 Å². The summed E-state index contributed by atoms with van der Waals surface area (Å²) >= 11 is 0. The molecule has 1 fully saturated rings. The van der Waals surface area contributed by atoms with Gasteiger partial charge in [0.15, 0.2) is 0 Å². The van der Waals surface area contributed by atoms with Crippen LogP contribution in [0, 0.1) is 0 Å². The molecule has 0 spiro atoms. The number of hydrogen-bond donors (Lipinski definition) is 3. The van der Waals surface area contributed by atoms with Gasteiger partial charge in [0, 0.05) is 12.6 Å². The number of benzene rings is 1. The van der Waals surface area contributed by atoms with Gasteiger partial charge in [0.1, 0.15) is 5.75 Å². The van der Waals surface area contributed by atoms with Crippen molar-refractivity contribution in [2.75, 3.05) is 11.9 Å². The van der Waals surface area contributed by atoms with Crippen molar-refractivity contribution in [3.8, 4) is 5.75 Å². The highest BCUT2D eigenvalue weighted by molar-refractivity contribution is 5.91. The summed E-state index contributed by atoms with van der Waals surface area (Å²) in [5.41, 5.74) is 0.696. The average molecular weight is 306 g/mol. The number of aliphatic hydroxyl groups excluding tert-OH is 1. The first kappa shape index (κ1) is 16.6. The third kappa shape index (κ3) is 5.22. The maximum Gasteiger partial charge on any atom is 0.319 e. The highest BCUT2D eigenvalue weighted by atomic mass is 16.5. The molecule has 1 aromatic carbocycles. The van der Waals surface area contributed by atoms with Gasteiger partial charge in [-0.3, -0.25) is 0 Å². The van der Waals surface area contributed by atoms with E-state index in [1.54, 1.807) is 0 Å². The molecule has 1 unspecified atom stereocenters. The summed E-state index contributed by atoms with van der Waals surface area (Å²) in [6.07, 6.45) is 6.28. The summed E-state index contributed by atoms with van der Waals surface area (Å²) in [5.74, 6) is 0.729. The summed E-state index contributed by atoms with van der Waals surface area (Å²) in [4.78, 5) is 12.0. The lowest BCUT2D eigenvalue weighted by molar-refractivity contribution is 0.211. The molecule has 1 aromatic rings. The lowest BCUT2D eigenvalue weighted by Gasteiger charge is -2.18. The van der Waals surface area contributed by atoms with Crippen LogP contribution in [0.5, 0.6) is 5.75 Å². The number of carbonyl (C=O) groups excluding carboxylic acids is 1. The Hall–Kier alpha value is -1.75. The van der Waals surface area contributed by atoms with Crippen molar-refractivity contribution in [2.45, 2.75) is 57.6 Å². The Morgan fingerprint density at radius 3 is 2.82 bits per heavy atom. The molecule has 0 bridgehead atoms. The van der Waals surface area contributed by atoms with Gasteiger partial charge in [0.05, 0.1) is 11.8 Å². The van der Waals surface area contributed by atoms with Crippen molar-refractivity contribution in [3.05, 3.63) is 24.3 Å². The fourth-order valence-electron chi connectivity index (χ4n) is 2.71. The number of nitrogens with one attached hydrogen (secondary N) is 2. The Morgan fingerprint density at radius 1 is 1.36 bits per heavy atom. The smallest absolute Gasteiger partial charge is 0.319 e. The minimum absolute atomic E-state index is 0.0232. The van der Waals surface area contributed by atoms with Gasteiger partial charge in [-0.2, -0.15) is 0 Å². The summed E-state index contributed by atoms with van der Waals surface area (Å²) < 4.78 is 6.00. The molecule has 5 nitrogen and oxygen atoms in total. The second-order valence-corrected chi connectivity index (χ2v) is 5.89. The molecule has 2 amide bonds. The molecule has 1 aliphatic carbocycles. The van der Waals surface area contributed by atoms with E-state index in [9.17, 15) is 4.79 Å². The minimum atomic E-state index is -0.243. The number of ether oxygens (including phenoxy) is 1. The van der Waals surface area contributed by atoms with E-state index in [1.807, 2.05) is 31.2 Å². The predicted molar refractivity (Wildman–Crippen MR) is 87.3 cm³/mol. The molecule has 22 heavy (non-hydrogen) atoms. The molecule has 2 rings (SSSR count). The van der Waals surface area contributed by atoms with Crippen LogP contribution in [-0.4, -0.2) is 29.9 Å². The summed E-state index contributed by atoms with van der Waals surface area (Å²) in [6.45, 7) is 2.07. The van der Waals surface area contributed by atoms with E-state index >= 15 is 0 Å². The normalized spacial score (nSPS) is 16.3. The van der Waals surface area contributed by atoms with Gasteiger partial charge in [-0.1, -0.05) is 12.1 Å². The molecule has 5 heteroatoms. The van der Waals surface area contributed by atoms with E-state index in [2.05, 4.69) is 10.6 Å². The third-order valence-corrected chi connectivity index (χ3v) is 3.90. The quantitative estimate of drug-likeness (QED) is 0.724. The van der Waals surface area contributed by atoms with Crippen molar-refractivity contribution in [3.63, 3.8) is 0 Å². The van der Waals surface area contributed by atoms with Crippen molar-refractivity contribution in [2.24, 2.45) is 0 Å². The molecule has 0 heterocycles. The van der Waals surface area contributed by atoms with Crippen molar-refractivity contribution < 1.29 is 14.6 Å². The van der Waals surface area contributed by atoms with E-state index in [-0.39, 0.29) is 24.8 Å². The first-order valence-electron chi connectivity index (χ1n) is 8.13. The highest BCUT2D eigenvalue weighted by Gasteiger charge is 2.18. The average Bonchev–Trinajstić information content (AvgIpc) is 3.00. The van der Waals surface area contributed by atoms with Crippen LogP contribution in [0.1, 0.15) is 45.4 Å². The summed E-state index contributed by atoms with van der Waals surface area (Å²) in [5, 5.41) is 14.5. The number of rotatable bonds is 7. The van der Waals surface area contributed by atoms with E-state index in [0.717, 1.165) is 25.0 Å². The van der Waals surface area contributed by atoms with E-state index in [0.29, 0.717) is 12.1 Å². The monoisotopic (exact) mass is 306 g/mol. The van der Waals surface area contributed by atoms with Crippen LogP contribution in [0.3, 0.4) is 0 Å². The Balaban J connectivity index is 1.89. The van der Waals surface area contributed by atoms with Crippen molar-refractivity contribution in [1.29, 1.82) is 0 Å².